The quantitative estimate of drug-likeness (QED) is 0.199. The van der Waals surface area contributed by atoms with E-state index in [-0.39, 0.29) is 12.0 Å². The number of esters is 1. The van der Waals surface area contributed by atoms with E-state index in [0.29, 0.717) is 17.1 Å². The highest BCUT2D eigenvalue weighted by molar-refractivity contribution is 5.87. The lowest BCUT2D eigenvalue weighted by Crippen LogP contribution is -2.61. The van der Waals surface area contributed by atoms with E-state index >= 15 is 0 Å². The van der Waals surface area contributed by atoms with Gasteiger partial charge in [-0.05, 0) is 36.1 Å². The number of rotatable bonds is 9. The molecular formula is C27H34O13. The number of carboxylic acid groups (broad SMARTS) is 1. The summed E-state index contributed by atoms with van der Waals surface area (Å²) >= 11 is 0. The Morgan fingerprint density at radius 1 is 1.07 bits per heavy atom. The molecule has 3 aliphatic rings. The van der Waals surface area contributed by atoms with E-state index < -0.39 is 79.4 Å². The first-order valence-corrected chi connectivity index (χ1v) is 12.7. The van der Waals surface area contributed by atoms with Crippen molar-refractivity contribution in [2.45, 2.75) is 56.4 Å². The van der Waals surface area contributed by atoms with Crippen molar-refractivity contribution in [1.29, 1.82) is 0 Å². The SMILES string of the molecule is COc1ccc(/C=C/C(=O)O[C@H]2[C@@H](O[C@@H]3OC=C(C(=O)O)[C@H]4C[C@H](O)[C@H](C)[C@@H]34)O[C@@H](CO)[C@@H](O)[C@@H]2O)cc1OC. The summed E-state index contributed by atoms with van der Waals surface area (Å²) in [4.78, 5) is 24.5. The number of ether oxygens (including phenoxy) is 6. The number of carboxylic acids is 1. The number of fused-ring (bicyclic) bond motifs is 1. The Kier molecular flexibility index (Phi) is 9.33. The molecular weight excluding hydrogens is 532 g/mol. The fourth-order valence-corrected chi connectivity index (χ4v) is 5.39. The van der Waals surface area contributed by atoms with E-state index in [4.69, 9.17) is 28.4 Å². The number of carbonyl (C=O) groups excluding carboxylic acids is 1. The third kappa shape index (κ3) is 5.94. The third-order valence-corrected chi connectivity index (χ3v) is 7.63. The molecule has 13 nitrogen and oxygen atoms in total. The molecule has 10 atom stereocenters. The van der Waals surface area contributed by atoms with Gasteiger partial charge in [0.05, 0.1) is 38.8 Å². The predicted octanol–water partition coefficient (Wildman–Crippen LogP) is 0.0423. The number of hydrogen-bond acceptors (Lipinski definition) is 12. The van der Waals surface area contributed by atoms with Crippen molar-refractivity contribution in [3.8, 4) is 11.5 Å². The molecule has 0 bridgehead atoms. The van der Waals surface area contributed by atoms with E-state index in [1.165, 1.54) is 20.3 Å². The molecule has 1 aliphatic carbocycles. The Hall–Kier alpha value is -3.20. The normalized spacial score (nSPS) is 35.4. The minimum Gasteiger partial charge on any atom is -0.493 e. The van der Waals surface area contributed by atoms with Crippen molar-refractivity contribution >= 4 is 18.0 Å². The standard InChI is InChI=1S/C27H34O13/c1-12-16(29)9-14-15(25(33)34)11-37-26(21(12)14)40-27-24(23(32)22(31)19(10-28)38-27)39-20(30)7-5-13-4-6-17(35-2)18(8-13)36-3/h4-8,11-12,14,16,19,21-24,26-29,31-32H,9-10H2,1-3H3,(H,33,34)/b7-5+/t12-,14+,16-,19-,21+,22+,23-,24+,26-,27+/m0/s1. The largest absolute Gasteiger partial charge is 0.493 e. The van der Waals surface area contributed by atoms with Crippen molar-refractivity contribution in [3.63, 3.8) is 0 Å². The van der Waals surface area contributed by atoms with Gasteiger partial charge in [0, 0.05) is 17.9 Å². The van der Waals surface area contributed by atoms with Crippen LogP contribution in [-0.4, -0.2) is 101 Å². The van der Waals surface area contributed by atoms with Gasteiger partial charge in [0.15, 0.2) is 17.6 Å². The van der Waals surface area contributed by atoms with Gasteiger partial charge in [0.1, 0.15) is 18.3 Å². The van der Waals surface area contributed by atoms with Gasteiger partial charge in [0.2, 0.25) is 12.6 Å². The lowest BCUT2D eigenvalue weighted by Gasteiger charge is -2.44. The van der Waals surface area contributed by atoms with Gasteiger partial charge in [-0.1, -0.05) is 13.0 Å². The molecule has 0 amide bonds. The van der Waals surface area contributed by atoms with Crippen LogP contribution in [0.5, 0.6) is 11.5 Å². The molecule has 1 aromatic rings. The molecule has 1 saturated heterocycles. The molecule has 2 aliphatic heterocycles. The minimum atomic E-state index is -1.70. The van der Waals surface area contributed by atoms with E-state index in [1.807, 2.05) is 0 Å². The molecule has 40 heavy (non-hydrogen) atoms. The molecule has 0 radical (unpaired) electrons. The van der Waals surface area contributed by atoms with Gasteiger partial charge in [-0.25, -0.2) is 9.59 Å². The summed E-state index contributed by atoms with van der Waals surface area (Å²) in [5.41, 5.74) is 0.574. The minimum absolute atomic E-state index is 0.00946. The Balaban J connectivity index is 1.53. The Bertz CT molecular complexity index is 1130. The topological polar surface area (TPSA) is 191 Å². The van der Waals surface area contributed by atoms with Gasteiger partial charge in [-0.3, -0.25) is 0 Å². The molecule has 1 aromatic carbocycles. The zero-order chi connectivity index (χ0) is 29.1. The average Bonchev–Trinajstić information content (AvgIpc) is 3.25. The first-order chi connectivity index (χ1) is 19.1. The van der Waals surface area contributed by atoms with Crippen molar-refractivity contribution in [2.24, 2.45) is 17.8 Å². The Morgan fingerprint density at radius 2 is 1.80 bits per heavy atom. The van der Waals surface area contributed by atoms with Crippen LogP contribution < -0.4 is 9.47 Å². The molecule has 13 heteroatoms. The third-order valence-electron chi connectivity index (χ3n) is 7.63. The highest BCUT2D eigenvalue weighted by atomic mass is 16.8. The lowest BCUT2D eigenvalue weighted by molar-refractivity contribution is -0.343. The number of aliphatic hydroxyl groups is 4. The Morgan fingerprint density at radius 3 is 2.45 bits per heavy atom. The summed E-state index contributed by atoms with van der Waals surface area (Å²) in [5.74, 6) is -2.75. The molecule has 1 saturated carbocycles. The van der Waals surface area contributed by atoms with Crippen LogP contribution in [0.2, 0.25) is 0 Å². The molecule has 4 rings (SSSR count). The van der Waals surface area contributed by atoms with Crippen LogP contribution in [0.25, 0.3) is 6.08 Å². The monoisotopic (exact) mass is 566 g/mol. The van der Waals surface area contributed by atoms with Crippen LogP contribution in [0.4, 0.5) is 0 Å². The molecule has 2 heterocycles. The summed E-state index contributed by atoms with van der Waals surface area (Å²) in [7, 11) is 2.96. The molecule has 0 unspecified atom stereocenters. The van der Waals surface area contributed by atoms with Gasteiger partial charge in [-0.2, -0.15) is 0 Å². The van der Waals surface area contributed by atoms with Crippen LogP contribution in [-0.2, 0) is 28.5 Å². The first kappa shape index (κ1) is 29.8. The zero-order valence-corrected chi connectivity index (χ0v) is 22.2. The summed E-state index contributed by atoms with van der Waals surface area (Å²) in [6, 6.07) is 4.97. The Labute approximate surface area is 230 Å². The smallest absolute Gasteiger partial charge is 0.334 e. The lowest BCUT2D eigenvalue weighted by atomic mass is 9.83. The van der Waals surface area contributed by atoms with Crippen molar-refractivity contribution < 1.29 is 63.5 Å². The average molecular weight is 567 g/mol. The maximum Gasteiger partial charge on any atom is 0.334 e. The highest BCUT2D eigenvalue weighted by Crippen LogP contribution is 2.47. The number of methoxy groups -OCH3 is 2. The molecule has 220 valence electrons. The van der Waals surface area contributed by atoms with E-state index in [9.17, 15) is 35.1 Å². The number of benzene rings is 1. The van der Waals surface area contributed by atoms with Gasteiger partial charge in [0.25, 0.3) is 0 Å². The van der Waals surface area contributed by atoms with E-state index in [2.05, 4.69) is 0 Å². The number of aliphatic carboxylic acids is 1. The van der Waals surface area contributed by atoms with Crippen LogP contribution in [0.3, 0.4) is 0 Å². The van der Waals surface area contributed by atoms with Gasteiger partial charge >= 0.3 is 11.9 Å². The van der Waals surface area contributed by atoms with Gasteiger partial charge in [-0.15, -0.1) is 0 Å². The van der Waals surface area contributed by atoms with Crippen LogP contribution in [0, 0.1) is 17.8 Å². The number of hydrogen-bond donors (Lipinski definition) is 5. The second-order valence-electron chi connectivity index (χ2n) is 9.92. The van der Waals surface area contributed by atoms with E-state index in [1.54, 1.807) is 25.1 Å². The van der Waals surface area contributed by atoms with Crippen LogP contribution in [0.15, 0.2) is 36.1 Å². The number of carbonyl (C=O) groups is 2. The molecule has 0 aromatic heterocycles. The first-order valence-electron chi connectivity index (χ1n) is 12.7. The molecule has 2 fully saturated rings. The number of aliphatic hydroxyl groups excluding tert-OH is 4. The second-order valence-corrected chi connectivity index (χ2v) is 9.92. The second kappa shape index (κ2) is 12.5. The zero-order valence-electron chi connectivity index (χ0n) is 22.2. The van der Waals surface area contributed by atoms with Crippen molar-refractivity contribution in [2.75, 3.05) is 20.8 Å². The summed E-state index contributed by atoms with van der Waals surface area (Å²) in [5, 5.41) is 50.8. The summed E-state index contributed by atoms with van der Waals surface area (Å²) in [6.45, 7) is 1.06. The fourth-order valence-electron chi connectivity index (χ4n) is 5.39. The van der Waals surface area contributed by atoms with Crippen LogP contribution >= 0.6 is 0 Å². The van der Waals surface area contributed by atoms with Crippen molar-refractivity contribution in [3.05, 3.63) is 41.7 Å². The maximum atomic E-state index is 12.7. The fraction of sp³-hybridized carbons (Fsp3) is 0.556. The summed E-state index contributed by atoms with van der Waals surface area (Å²) < 4.78 is 33.1. The molecule has 5 N–H and O–H groups in total. The molecule has 0 spiro atoms. The summed E-state index contributed by atoms with van der Waals surface area (Å²) in [6.07, 6.45) is -5.83. The van der Waals surface area contributed by atoms with Crippen LogP contribution in [0.1, 0.15) is 18.9 Å². The van der Waals surface area contributed by atoms with E-state index in [0.717, 1.165) is 12.3 Å². The predicted molar refractivity (Wildman–Crippen MR) is 135 cm³/mol. The maximum absolute atomic E-state index is 12.7. The highest BCUT2D eigenvalue weighted by Gasteiger charge is 2.54. The van der Waals surface area contributed by atoms with Crippen molar-refractivity contribution in [1.82, 2.24) is 0 Å². The van der Waals surface area contributed by atoms with Gasteiger partial charge < -0.3 is 54.0 Å².